The van der Waals surface area contributed by atoms with E-state index in [4.69, 9.17) is 4.74 Å². The van der Waals surface area contributed by atoms with E-state index in [0.29, 0.717) is 25.2 Å². The Morgan fingerprint density at radius 1 is 1.23 bits per heavy atom. The Morgan fingerprint density at radius 3 is 2.54 bits per heavy atom. The van der Waals surface area contributed by atoms with Crippen molar-refractivity contribution in [2.24, 2.45) is 0 Å². The summed E-state index contributed by atoms with van der Waals surface area (Å²) in [6, 6.07) is 7.17. The number of carboxylic acid groups (broad SMARTS) is 1. The molecule has 1 heterocycles. The molecule has 1 aliphatic rings. The smallest absolute Gasteiger partial charge is 0.410 e. The second kappa shape index (κ2) is 8.43. The fraction of sp³-hybridized carbons (Fsp3) is 0.600. The highest BCUT2D eigenvalue weighted by atomic mass is 16.6. The van der Waals surface area contributed by atoms with E-state index in [9.17, 15) is 14.7 Å². The number of nitrogens with zero attached hydrogens (tertiary/aromatic N) is 2. The zero-order valence-electron chi connectivity index (χ0n) is 16.2. The van der Waals surface area contributed by atoms with Gasteiger partial charge in [-0.15, -0.1) is 0 Å². The largest absolute Gasteiger partial charge is 0.478 e. The molecule has 144 valence electrons. The Hall–Kier alpha value is -2.24. The van der Waals surface area contributed by atoms with E-state index < -0.39 is 11.6 Å². The van der Waals surface area contributed by atoms with Crippen LogP contribution in [0, 0.1) is 0 Å². The van der Waals surface area contributed by atoms with Gasteiger partial charge < -0.3 is 19.6 Å². The molecule has 1 aliphatic heterocycles. The average molecular weight is 362 g/mol. The van der Waals surface area contributed by atoms with Crippen LogP contribution in [0.2, 0.25) is 0 Å². The Balaban J connectivity index is 2.21. The van der Waals surface area contributed by atoms with E-state index in [2.05, 4.69) is 11.8 Å². The predicted octanol–water partition coefficient (Wildman–Crippen LogP) is 4.00. The number of aromatic carboxylic acids is 1. The van der Waals surface area contributed by atoms with E-state index in [1.165, 1.54) is 0 Å². The molecular formula is C20H30N2O4. The fourth-order valence-electron chi connectivity index (χ4n) is 3.26. The molecule has 0 radical (unpaired) electrons. The Bertz CT molecular complexity index is 639. The van der Waals surface area contributed by atoms with Crippen molar-refractivity contribution >= 4 is 17.7 Å². The third kappa shape index (κ3) is 5.13. The van der Waals surface area contributed by atoms with Crippen molar-refractivity contribution in [2.45, 2.75) is 58.6 Å². The quantitative estimate of drug-likeness (QED) is 0.857. The van der Waals surface area contributed by atoms with Gasteiger partial charge in [0, 0.05) is 25.7 Å². The topological polar surface area (TPSA) is 70.1 Å². The summed E-state index contributed by atoms with van der Waals surface area (Å²) in [5.74, 6) is -0.926. The Morgan fingerprint density at radius 2 is 1.92 bits per heavy atom. The van der Waals surface area contributed by atoms with Crippen molar-refractivity contribution < 1.29 is 19.4 Å². The molecule has 0 bridgehead atoms. The number of anilines is 1. The number of para-hydroxylation sites is 1. The first kappa shape index (κ1) is 20.1. The van der Waals surface area contributed by atoms with Gasteiger partial charge in [-0.25, -0.2) is 9.59 Å². The molecule has 1 atom stereocenters. The summed E-state index contributed by atoms with van der Waals surface area (Å²) in [7, 11) is 0. The van der Waals surface area contributed by atoms with E-state index in [1.54, 1.807) is 17.0 Å². The number of hydrogen-bond acceptors (Lipinski definition) is 4. The van der Waals surface area contributed by atoms with E-state index in [1.807, 2.05) is 32.9 Å². The lowest BCUT2D eigenvalue weighted by Gasteiger charge is -2.43. The standard InChI is InChI=1S/C20H30N2O4/c1-5-6-9-15-14-21(19(25)26-20(2,3)4)12-13-22(15)17-11-8-7-10-16(17)18(23)24/h7-8,10-11,15H,5-6,9,12-14H2,1-4H3,(H,23,24)/t15-/m0/s1. The molecule has 26 heavy (non-hydrogen) atoms. The Kier molecular flexibility index (Phi) is 6.51. The SMILES string of the molecule is CCCC[C@H]1CN(C(=O)OC(C)(C)C)CCN1c1ccccc1C(=O)O. The van der Waals surface area contributed by atoms with E-state index in [0.717, 1.165) is 24.9 Å². The maximum atomic E-state index is 12.4. The maximum Gasteiger partial charge on any atom is 0.410 e. The van der Waals surface area contributed by atoms with Crippen LogP contribution in [0.4, 0.5) is 10.5 Å². The van der Waals surface area contributed by atoms with Crippen LogP contribution in [-0.4, -0.2) is 53.3 Å². The highest BCUT2D eigenvalue weighted by Crippen LogP contribution is 2.28. The number of benzene rings is 1. The molecule has 1 fully saturated rings. The Labute approximate surface area is 155 Å². The molecule has 0 aliphatic carbocycles. The first-order chi connectivity index (χ1) is 12.2. The monoisotopic (exact) mass is 362 g/mol. The summed E-state index contributed by atoms with van der Waals surface area (Å²) in [5, 5.41) is 9.52. The number of piperazine rings is 1. The van der Waals surface area contributed by atoms with Gasteiger partial charge in [-0.05, 0) is 39.3 Å². The zero-order chi connectivity index (χ0) is 19.3. The van der Waals surface area contributed by atoms with Gasteiger partial charge in [0.25, 0.3) is 0 Å². The molecule has 6 nitrogen and oxygen atoms in total. The van der Waals surface area contributed by atoms with Gasteiger partial charge in [-0.2, -0.15) is 0 Å². The average Bonchev–Trinajstić information content (AvgIpc) is 2.58. The van der Waals surface area contributed by atoms with Crippen LogP contribution in [0.1, 0.15) is 57.3 Å². The molecule has 1 aromatic rings. The van der Waals surface area contributed by atoms with Crippen molar-refractivity contribution in [1.82, 2.24) is 4.90 Å². The second-order valence-electron chi connectivity index (χ2n) is 7.74. The molecule has 0 aromatic heterocycles. The first-order valence-corrected chi connectivity index (χ1v) is 9.30. The minimum atomic E-state index is -0.926. The molecule has 1 aromatic carbocycles. The van der Waals surface area contributed by atoms with Crippen molar-refractivity contribution in [3.8, 4) is 0 Å². The molecule has 1 N–H and O–H groups in total. The molecule has 0 unspecified atom stereocenters. The minimum absolute atomic E-state index is 0.0803. The second-order valence-corrected chi connectivity index (χ2v) is 7.74. The van der Waals surface area contributed by atoms with Crippen LogP contribution in [-0.2, 0) is 4.74 Å². The maximum absolute atomic E-state index is 12.4. The molecule has 6 heteroatoms. The number of carbonyl (C=O) groups is 2. The molecule has 0 spiro atoms. The van der Waals surface area contributed by atoms with E-state index >= 15 is 0 Å². The van der Waals surface area contributed by atoms with Crippen LogP contribution in [0.3, 0.4) is 0 Å². The fourth-order valence-corrected chi connectivity index (χ4v) is 3.26. The summed E-state index contributed by atoms with van der Waals surface area (Å²) in [5.41, 5.74) is 0.507. The van der Waals surface area contributed by atoms with Gasteiger partial charge in [0.05, 0.1) is 11.3 Å². The number of amides is 1. The van der Waals surface area contributed by atoms with Crippen molar-refractivity contribution in [3.05, 3.63) is 29.8 Å². The molecular weight excluding hydrogens is 332 g/mol. The summed E-state index contributed by atoms with van der Waals surface area (Å²) >= 11 is 0. The van der Waals surface area contributed by atoms with Crippen LogP contribution < -0.4 is 4.90 Å². The van der Waals surface area contributed by atoms with Gasteiger partial charge in [-0.3, -0.25) is 0 Å². The van der Waals surface area contributed by atoms with Crippen LogP contribution in [0.15, 0.2) is 24.3 Å². The van der Waals surface area contributed by atoms with Crippen molar-refractivity contribution in [3.63, 3.8) is 0 Å². The zero-order valence-corrected chi connectivity index (χ0v) is 16.2. The highest BCUT2D eigenvalue weighted by molar-refractivity contribution is 5.94. The molecule has 0 saturated carbocycles. The number of hydrogen-bond donors (Lipinski definition) is 1. The number of carbonyl (C=O) groups excluding carboxylic acids is 1. The van der Waals surface area contributed by atoms with Gasteiger partial charge in [0.1, 0.15) is 5.60 Å². The van der Waals surface area contributed by atoms with Crippen LogP contribution in [0.25, 0.3) is 0 Å². The van der Waals surface area contributed by atoms with Crippen LogP contribution >= 0.6 is 0 Å². The number of carboxylic acids is 1. The van der Waals surface area contributed by atoms with Gasteiger partial charge in [-0.1, -0.05) is 31.9 Å². The molecule has 1 saturated heterocycles. The number of rotatable bonds is 5. The van der Waals surface area contributed by atoms with Gasteiger partial charge in [0.2, 0.25) is 0 Å². The third-order valence-corrected chi connectivity index (χ3v) is 4.47. The van der Waals surface area contributed by atoms with Crippen molar-refractivity contribution in [2.75, 3.05) is 24.5 Å². The van der Waals surface area contributed by atoms with Crippen molar-refractivity contribution in [1.29, 1.82) is 0 Å². The number of unbranched alkanes of at least 4 members (excludes halogenated alkanes) is 1. The normalized spacial score (nSPS) is 17.9. The van der Waals surface area contributed by atoms with E-state index in [-0.39, 0.29) is 12.1 Å². The van der Waals surface area contributed by atoms with Crippen LogP contribution in [0.5, 0.6) is 0 Å². The lowest BCUT2D eigenvalue weighted by atomic mass is 10.0. The predicted molar refractivity (Wildman–Crippen MR) is 102 cm³/mol. The summed E-state index contributed by atoms with van der Waals surface area (Å²) in [4.78, 5) is 27.9. The summed E-state index contributed by atoms with van der Waals surface area (Å²) in [6.45, 7) is 9.37. The third-order valence-electron chi connectivity index (χ3n) is 4.47. The first-order valence-electron chi connectivity index (χ1n) is 9.30. The van der Waals surface area contributed by atoms with Gasteiger partial charge in [0.15, 0.2) is 0 Å². The summed E-state index contributed by atoms with van der Waals surface area (Å²) in [6.07, 6.45) is 2.69. The van der Waals surface area contributed by atoms with Gasteiger partial charge >= 0.3 is 12.1 Å². The molecule has 2 rings (SSSR count). The highest BCUT2D eigenvalue weighted by Gasteiger charge is 2.33. The number of ether oxygens (including phenoxy) is 1. The summed E-state index contributed by atoms with van der Waals surface area (Å²) < 4.78 is 5.51. The minimum Gasteiger partial charge on any atom is -0.478 e. The lowest BCUT2D eigenvalue weighted by Crippen LogP contribution is -2.56. The molecule has 1 amide bonds. The lowest BCUT2D eigenvalue weighted by molar-refractivity contribution is 0.0211.